The summed E-state index contributed by atoms with van der Waals surface area (Å²) < 4.78 is 0. The molecule has 0 amide bonds. The average molecular weight is 224 g/mol. The molecule has 1 rings (SSSR count). The number of nitrogens with zero attached hydrogens (tertiary/aromatic N) is 2. The van der Waals surface area contributed by atoms with Crippen LogP contribution in [0.5, 0.6) is 0 Å². The normalized spacial score (nSPS) is 14.1. The fourth-order valence-corrected chi connectivity index (χ4v) is 1.38. The molecular weight excluding hydrogens is 212 g/mol. The van der Waals surface area contributed by atoms with Crippen LogP contribution in [0.3, 0.4) is 0 Å². The fraction of sp³-hybridized carbons (Fsp3) is 0.400. The van der Waals surface area contributed by atoms with Gasteiger partial charge in [-0.15, -0.1) is 0 Å². The molecule has 0 aliphatic heterocycles. The van der Waals surface area contributed by atoms with E-state index in [1.165, 1.54) is 31.2 Å². The van der Waals surface area contributed by atoms with Gasteiger partial charge in [0.2, 0.25) is 5.54 Å². The van der Waals surface area contributed by atoms with E-state index in [1.807, 2.05) is 0 Å². The molecule has 0 fully saturated rings. The molecule has 0 heterocycles. The van der Waals surface area contributed by atoms with Gasteiger partial charge in [-0.2, -0.15) is 0 Å². The van der Waals surface area contributed by atoms with Gasteiger partial charge in [0, 0.05) is 36.0 Å². The van der Waals surface area contributed by atoms with Crippen LogP contribution < -0.4 is 0 Å². The van der Waals surface area contributed by atoms with Crippen LogP contribution in [0.15, 0.2) is 24.3 Å². The molecule has 16 heavy (non-hydrogen) atoms. The predicted octanol–water partition coefficient (Wildman–Crippen LogP) is 2.50. The molecule has 1 aromatic carbocycles. The highest BCUT2D eigenvalue weighted by Gasteiger charge is 2.37. The van der Waals surface area contributed by atoms with Crippen molar-refractivity contribution in [1.29, 1.82) is 0 Å². The van der Waals surface area contributed by atoms with Gasteiger partial charge in [0.25, 0.3) is 5.69 Å². The van der Waals surface area contributed by atoms with Crippen molar-refractivity contribution in [3.8, 4) is 0 Å². The van der Waals surface area contributed by atoms with E-state index in [9.17, 15) is 20.2 Å². The van der Waals surface area contributed by atoms with Crippen molar-refractivity contribution in [2.24, 2.45) is 0 Å². The summed E-state index contributed by atoms with van der Waals surface area (Å²) in [5.74, 6) is 0. The van der Waals surface area contributed by atoms with Crippen molar-refractivity contribution in [2.75, 3.05) is 0 Å². The molecule has 0 N–H and O–H groups in total. The number of hydrogen-bond acceptors (Lipinski definition) is 4. The lowest BCUT2D eigenvalue weighted by Gasteiger charge is -2.19. The molecule has 0 saturated heterocycles. The Morgan fingerprint density at radius 3 is 2.00 bits per heavy atom. The lowest BCUT2D eigenvalue weighted by atomic mass is 9.90. The van der Waals surface area contributed by atoms with E-state index >= 15 is 0 Å². The highest BCUT2D eigenvalue weighted by atomic mass is 16.6. The third-order valence-electron chi connectivity index (χ3n) is 2.79. The lowest BCUT2D eigenvalue weighted by molar-refractivity contribution is -0.575. The summed E-state index contributed by atoms with van der Waals surface area (Å²) in [5, 5.41) is 21.4. The predicted molar refractivity (Wildman–Crippen MR) is 57.7 cm³/mol. The maximum atomic E-state index is 10.9. The molecule has 0 aromatic heterocycles. The first-order chi connectivity index (χ1) is 7.41. The van der Waals surface area contributed by atoms with Gasteiger partial charge in [0.05, 0.1) is 4.92 Å². The summed E-state index contributed by atoms with van der Waals surface area (Å²) >= 11 is 0. The number of benzene rings is 1. The summed E-state index contributed by atoms with van der Waals surface area (Å²) in [4.78, 5) is 20.5. The van der Waals surface area contributed by atoms with E-state index in [-0.39, 0.29) is 10.6 Å². The van der Waals surface area contributed by atoms with Crippen molar-refractivity contribution in [2.45, 2.75) is 25.8 Å². The zero-order chi connectivity index (χ0) is 12.3. The zero-order valence-corrected chi connectivity index (χ0v) is 9.04. The summed E-state index contributed by atoms with van der Waals surface area (Å²) in [7, 11) is 0. The molecule has 0 spiro atoms. The summed E-state index contributed by atoms with van der Waals surface area (Å²) in [6, 6.07) is 5.44. The zero-order valence-electron chi connectivity index (χ0n) is 9.04. The van der Waals surface area contributed by atoms with Crippen molar-refractivity contribution >= 4 is 5.69 Å². The molecule has 1 aromatic rings. The van der Waals surface area contributed by atoms with Gasteiger partial charge in [-0.25, -0.2) is 0 Å². The minimum absolute atomic E-state index is 0.0643. The van der Waals surface area contributed by atoms with Gasteiger partial charge in [0.15, 0.2) is 0 Å². The molecule has 6 heteroatoms. The van der Waals surface area contributed by atoms with E-state index in [0.717, 1.165) is 0 Å². The first-order valence-electron chi connectivity index (χ1n) is 4.81. The molecule has 0 bridgehead atoms. The molecule has 0 aliphatic carbocycles. The van der Waals surface area contributed by atoms with E-state index in [0.29, 0.717) is 12.0 Å². The Morgan fingerprint density at radius 2 is 1.69 bits per heavy atom. The first-order valence-corrected chi connectivity index (χ1v) is 4.81. The van der Waals surface area contributed by atoms with Crippen LogP contribution in [0.1, 0.15) is 25.8 Å². The van der Waals surface area contributed by atoms with Gasteiger partial charge >= 0.3 is 0 Å². The largest absolute Gasteiger partial charge is 0.269 e. The molecule has 6 nitrogen and oxygen atoms in total. The van der Waals surface area contributed by atoms with Gasteiger partial charge in [0.1, 0.15) is 0 Å². The van der Waals surface area contributed by atoms with Crippen LogP contribution in [0.25, 0.3) is 0 Å². The minimum Gasteiger partial charge on any atom is -0.264 e. The van der Waals surface area contributed by atoms with Crippen molar-refractivity contribution in [3.05, 3.63) is 50.1 Å². The molecule has 0 radical (unpaired) electrons. The van der Waals surface area contributed by atoms with Crippen LogP contribution in [0, 0.1) is 20.2 Å². The van der Waals surface area contributed by atoms with Crippen LogP contribution in [0.2, 0.25) is 0 Å². The topological polar surface area (TPSA) is 86.3 Å². The number of rotatable bonds is 4. The molecule has 86 valence electrons. The van der Waals surface area contributed by atoms with E-state index in [1.54, 1.807) is 6.92 Å². The number of hydrogen-bond donors (Lipinski definition) is 0. The van der Waals surface area contributed by atoms with Crippen molar-refractivity contribution in [1.82, 2.24) is 0 Å². The standard InChI is InChI=1S/C10H12N2O4/c1-3-10(2,12(15)16)8-4-6-9(7-5-8)11(13)14/h4-7H,3H2,1-2H3/t10-/m0/s1. The molecule has 0 saturated carbocycles. The van der Waals surface area contributed by atoms with Gasteiger partial charge in [-0.3, -0.25) is 20.2 Å². The minimum atomic E-state index is -1.19. The maximum absolute atomic E-state index is 10.9. The summed E-state index contributed by atoms with van der Waals surface area (Å²) in [5.41, 5.74) is -0.772. The smallest absolute Gasteiger partial charge is 0.264 e. The Balaban J connectivity index is 3.14. The van der Waals surface area contributed by atoms with E-state index in [4.69, 9.17) is 0 Å². The Hall–Kier alpha value is -1.98. The number of nitro benzene ring substituents is 1. The third-order valence-corrected chi connectivity index (χ3v) is 2.79. The van der Waals surface area contributed by atoms with Crippen LogP contribution in [-0.4, -0.2) is 9.85 Å². The monoisotopic (exact) mass is 224 g/mol. The highest BCUT2D eigenvalue weighted by Crippen LogP contribution is 2.29. The van der Waals surface area contributed by atoms with Gasteiger partial charge in [-0.05, 0) is 12.1 Å². The van der Waals surface area contributed by atoms with Crippen LogP contribution >= 0.6 is 0 Å². The maximum Gasteiger partial charge on any atom is 0.269 e. The Bertz CT molecular complexity index is 415. The average Bonchev–Trinajstić information content (AvgIpc) is 2.27. The second-order valence-electron chi connectivity index (χ2n) is 3.69. The molecule has 1 atom stereocenters. The second kappa shape index (κ2) is 4.26. The van der Waals surface area contributed by atoms with Crippen molar-refractivity contribution < 1.29 is 9.85 Å². The summed E-state index contributed by atoms with van der Waals surface area (Å²) in [6.45, 7) is 3.22. The van der Waals surface area contributed by atoms with Crippen molar-refractivity contribution in [3.63, 3.8) is 0 Å². The quantitative estimate of drug-likeness (QED) is 0.580. The second-order valence-corrected chi connectivity index (χ2v) is 3.69. The molecule has 0 unspecified atom stereocenters. The van der Waals surface area contributed by atoms with E-state index < -0.39 is 10.5 Å². The van der Waals surface area contributed by atoms with Crippen LogP contribution in [-0.2, 0) is 5.54 Å². The number of nitro groups is 2. The van der Waals surface area contributed by atoms with Crippen LogP contribution in [0.4, 0.5) is 5.69 Å². The van der Waals surface area contributed by atoms with Gasteiger partial charge in [-0.1, -0.05) is 6.92 Å². The highest BCUT2D eigenvalue weighted by molar-refractivity contribution is 5.35. The lowest BCUT2D eigenvalue weighted by Crippen LogP contribution is -2.30. The fourth-order valence-electron chi connectivity index (χ4n) is 1.38. The first kappa shape index (κ1) is 12.1. The SMILES string of the molecule is CC[C@@](C)(c1ccc([N+](=O)[O-])cc1)[N+](=O)[O-]. The van der Waals surface area contributed by atoms with E-state index in [2.05, 4.69) is 0 Å². The van der Waals surface area contributed by atoms with Gasteiger partial charge < -0.3 is 0 Å². The third kappa shape index (κ3) is 2.00. The molecular formula is C10H12N2O4. The summed E-state index contributed by atoms with van der Waals surface area (Å²) in [6.07, 6.45) is 0.331. The Labute approximate surface area is 92.2 Å². The Morgan fingerprint density at radius 1 is 1.19 bits per heavy atom. The number of non-ortho nitro benzene ring substituents is 1. The Kier molecular flexibility index (Phi) is 3.22. The molecule has 0 aliphatic rings.